The molecule has 2 aromatic carbocycles. The predicted octanol–water partition coefficient (Wildman–Crippen LogP) is 3.78. The summed E-state index contributed by atoms with van der Waals surface area (Å²) in [6, 6.07) is 12.1. The number of ether oxygens (including phenoxy) is 1. The summed E-state index contributed by atoms with van der Waals surface area (Å²) >= 11 is 11.8. The normalized spacial score (nSPS) is 9.59. The van der Waals surface area contributed by atoms with Gasteiger partial charge in [0.1, 0.15) is 5.75 Å². The zero-order valence-electron chi connectivity index (χ0n) is 11.8. The molecule has 0 atom stereocenters. The second kappa shape index (κ2) is 7.74. The Morgan fingerprint density at radius 1 is 1.18 bits per heavy atom. The van der Waals surface area contributed by atoms with Gasteiger partial charge < -0.3 is 10.1 Å². The molecule has 0 saturated carbocycles. The molecule has 0 fully saturated rings. The number of halogens is 2. The fourth-order valence-corrected chi connectivity index (χ4v) is 2.09. The van der Waals surface area contributed by atoms with E-state index >= 15 is 0 Å². The second-order valence-corrected chi connectivity index (χ2v) is 5.18. The van der Waals surface area contributed by atoms with Crippen LogP contribution in [0.15, 0.2) is 42.5 Å². The van der Waals surface area contributed by atoms with Gasteiger partial charge in [-0.3, -0.25) is 4.79 Å². The van der Waals surface area contributed by atoms with Crippen molar-refractivity contribution in [2.75, 3.05) is 13.7 Å². The van der Waals surface area contributed by atoms with Crippen LogP contribution in [0.25, 0.3) is 0 Å². The summed E-state index contributed by atoms with van der Waals surface area (Å²) < 4.78 is 5.07. The highest BCUT2D eigenvalue weighted by Crippen LogP contribution is 2.20. The zero-order valence-corrected chi connectivity index (χ0v) is 13.3. The van der Waals surface area contributed by atoms with Crippen molar-refractivity contribution in [2.45, 2.75) is 0 Å². The molecule has 0 aliphatic heterocycles. The maximum Gasteiger partial charge on any atom is 0.253 e. The predicted molar refractivity (Wildman–Crippen MR) is 88.7 cm³/mol. The maximum atomic E-state index is 12.0. The molecule has 1 amide bonds. The first kappa shape index (κ1) is 16.2. The van der Waals surface area contributed by atoms with Crippen molar-refractivity contribution < 1.29 is 9.53 Å². The van der Waals surface area contributed by atoms with Crippen molar-refractivity contribution >= 4 is 29.1 Å². The molecule has 1 N–H and O–H groups in total. The third-order valence-corrected chi connectivity index (χ3v) is 3.40. The fourth-order valence-electron chi connectivity index (χ4n) is 1.71. The van der Waals surface area contributed by atoms with E-state index in [1.807, 2.05) is 24.3 Å². The number of nitrogens with one attached hydrogen (secondary N) is 1. The molecule has 5 heteroatoms. The fraction of sp³-hybridized carbons (Fsp3) is 0.118. The van der Waals surface area contributed by atoms with E-state index in [9.17, 15) is 4.79 Å². The molecule has 0 saturated heterocycles. The number of carbonyl (C=O) groups excluding carboxylic acids is 1. The largest absolute Gasteiger partial charge is 0.497 e. The molecule has 0 aliphatic rings. The Balaban J connectivity index is 1.94. The van der Waals surface area contributed by atoms with Crippen LogP contribution in [0.4, 0.5) is 0 Å². The molecule has 0 aromatic heterocycles. The summed E-state index contributed by atoms with van der Waals surface area (Å²) in [6.45, 7) is 0.216. The van der Waals surface area contributed by atoms with Crippen molar-refractivity contribution in [3.8, 4) is 17.6 Å². The van der Waals surface area contributed by atoms with Crippen molar-refractivity contribution in [1.29, 1.82) is 0 Å². The van der Waals surface area contributed by atoms with Gasteiger partial charge >= 0.3 is 0 Å². The summed E-state index contributed by atoms with van der Waals surface area (Å²) in [6.07, 6.45) is 0. The molecular weight excluding hydrogens is 321 g/mol. The first-order chi connectivity index (χ1) is 10.6. The lowest BCUT2D eigenvalue weighted by molar-refractivity contribution is 0.0959. The first-order valence-corrected chi connectivity index (χ1v) is 7.22. The molecule has 0 heterocycles. The number of methoxy groups -OCH3 is 1. The van der Waals surface area contributed by atoms with Crippen LogP contribution in [0.1, 0.15) is 15.9 Å². The molecule has 2 aromatic rings. The number of rotatable bonds is 3. The monoisotopic (exact) mass is 333 g/mol. The van der Waals surface area contributed by atoms with Gasteiger partial charge in [-0.25, -0.2) is 0 Å². The van der Waals surface area contributed by atoms with E-state index in [4.69, 9.17) is 27.9 Å². The van der Waals surface area contributed by atoms with Crippen LogP contribution in [0, 0.1) is 11.8 Å². The van der Waals surface area contributed by atoms with Crippen LogP contribution >= 0.6 is 23.2 Å². The highest BCUT2D eigenvalue weighted by molar-refractivity contribution is 6.35. The molecule has 3 nitrogen and oxygen atoms in total. The molecule has 0 unspecified atom stereocenters. The molecule has 0 radical (unpaired) electrons. The van der Waals surface area contributed by atoms with Crippen LogP contribution in [-0.2, 0) is 0 Å². The highest BCUT2D eigenvalue weighted by atomic mass is 35.5. The Labute approximate surface area is 139 Å². The van der Waals surface area contributed by atoms with Gasteiger partial charge in [-0.1, -0.05) is 35.0 Å². The van der Waals surface area contributed by atoms with E-state index in [2.05, 4.69) is 17.2 Å². The van der Waals surface area contributed by atoms with Crippen LogP contribution in [0.3, 0.4) is 0 Å². The summed E-state index contributed by atoms with van der Waals surface area (Å²) in [5.74, 6) is 6.29. The summed E-state index contributed by atoms with van der Waals surface area (Å²) in [5.41, 5.74) is 1.18. The van der Waals surface area contributed by atoms with Gasteiger partial charge in [-0.05, 0) is 42.5 Å². The van der Waals surface area contributed by atoms with Gasteiger partial charge in [0.25, 0.3) is 5.91 Å². The first-order valence-electron chi connectivity index (χ1n) is 6.46. The number of benzene rings is 2. The molecule has 22 heavy (non-hydrogen) atoms. The van der Waals surface area contributed by atoms with Gasteiger partial charge in [0.15, 0.2) is 0 Å². The van der Waals surface area contributed by atoms with Gasteiger partial charge in [-0.15, -0.1) is 0 Å². The van der Waals surface area contributed by atoms with E-state index < -0.39 is 0 Å². The van der Waals surface area contributed by atoms with E-state index in [1.165, 1.54) is 6.07 Å². The smallest absolute Gasteiger partial charge is 0.253 e. The number of hydrogen-bond donors (Lipinski definition) is 1. The maximum absolute atomic E-state index is 12.0. The number of hydrogen-bond acceptors (Lipinski definition) is 2. The van der Waals surface area contributed by atoms with Crippen molar-refractivity contribution in [3.63, 3.8) is 0 Å². The van der Waals surface area contributed by atoms with E-state index in [0.717, 1.165) is 11.3 Å². The molecule has 0 bridgehead atoms. The van der Waals surface area contributed by atoms with Crippen LogP contribution in [0.2, 0.25) is 10.0 Å². The van der Waals surface area contributed by atoms with Crippen molar-refractivity contribution in [1.82, 2.24) is 5.32 Å². The van der Waals surface area contributed by atoms with Crippen LogP contribution in [0.5, 0.6) is 5.75 Å². The molecule has 2 rings (SSSR count). The summed E-state index contributed by atoms with van der Waals surface area (Å²) in [7, 11) is 1.61. The standard InChI is InChI=1S/C17H13Cl2NO2/c1-22-14-7-4-12(5-8-14)3-2-10-20-17(21)15-11-13(18)6-9-16(15)19/h4-9,11H,10H2,1H3,(H,20,21). The highest BCUT2D eigenvalue weighted by Gasteiger charge is 2.09. The average Bonchev–Trinajstić information content (AvgIpc) is 2.54. The quantitative estimate of drug-likeness (QED) is 0.868. The lowest BCUT2D eigenvalue weighted by Gasteiger charge is -2.04. The number of amides is 1. The minimum absolute atomic E-state index is 0.216. The van der Waals surface area contributed by atoms with Crippen molar-refractivity contribution in [3.05, 3.63) is 63.6 Å². The third-order valence-electron chi connectivity index (χ3n) is 2.83. The molecule has 0 spiro atoms. The van der Waals surface area contributed by atoms with E-state index in [1.54, 1.807) is 19.2 Å². The molecule has 112 valence electrons. The Bertz CT molecular complexity index is 731. The van der Waals surface area contributed by atoms with E-state index in [-0.39, 0.29) is 12.5 Å². The van der Waals surface area contributed by atoms with E-state index in [0.29, 0.717) is 15.6 Å². The lowest BCUT2D eigenvalue weighted by atomic mass is 10.2. The van der Waals surface area contributed by atoms with Gasteiger partial charge in [0.2, 0.25) is 0 Å². The molecular formula is C17H13Cl2NO2. The topological polar surface area (TPSA) is 38.3 Å². The Kier molecular flexibility index (Phi) is 5.71. The van der Waals surface area contributed by atoms with Crippen LogP contribution in [-0.4, -0.2) is 19.6 Å². The summed E-state index contributed by atoms with van der Waals surface area (Å²) in [5, 5.41) is 3.49. The second-order valence-electron chi connectivity index (χ2n) is 4.34. The minimum atomic E-state index is -0.309. The average molecular weight is 334 g/mol. The van der Waals surface area contributed by atoms with Crippen molar-refractivity contribution in [2.24, 2.45) is 0 Å². The number of carbonyl (C=O) groups is 1. The third kappa shape index (κ3) is 4.42. The Morgan fingerprint density at radius 3 is 2.59 bits per heavy atom. The summed E-state index contributed by atoms with van der Waals surface area (Å²) in [4.78, 5) is 12.0. The Morgan fingerprint density at radius 2 is 1.91 bits per heavy atom. The van der Waals surface area contributed by atoms with Gasteiger partial charge in [-0.2, -0.15) is 0 Å². The minimum Gasteiger partial charge on any atom is -0.497 e. The van der Waals surface area contributed by atoms with Gasteiger partial charge in [0.05, 0.1) is 24.2 Å². The zero-order chi connectivity index (χ0) is 15.9. The Hall–Kier alpha value is -2.15. The van der Waals surface area contributed by atoms with Gasteiger partial charge in [0, 0.05) is 10.6 Å². The van der Waals surface area contributed by atoms with Crippen LogP contribution < -0.4 is 10.1 Å². The molecule has 0 aliphatic carbocycles. The lowest BCUT2D eigenvalue weighted by Crippen LogP contribution is -2.23. The SMILES string of the molecule is COc1ccc(C#CCNC(=O)c2cc(Cl)ccc2Cl)cc1.